The highest BCUT2D eigenvalue weighted by molar-refractivity contribution is 5.87. The Labute approximate surface area is 246 Å². The summed E-state index contributed by atoms with van der Waals surface area (Å²) >= 11 is 0. The Balaban J connectivity index is 1.34. The Hall–Kier alpha value is -4.68. The highest BCUT2D eigenvalue weighted by atomic mass is 14.6. The Morgan fingerprint density at radius 3 is 0.881 bits per heavy atom. The molecule has 0 saturated carbocycles. The van der Waals surface area contributed by atoms with E-state index in [4.69, 9.17) is 0 Å². The number of hydrogen-bond donors (Lipinski definition) is 0. The van der Waals surface area contributed by atoms with Crippen molar-refractivity contribution in [3.63, 3.8) is 0 Å². The van der Waals surface area contributed by atoms with E-state index in [1.54, 1.807) is 22.3 Å². The van der Waals surface area contributed by atoms with Crippen molar-refractivity contribution in [2.45, 2.75) is 35.5 Å². The van der Waals surface area contributed by atoms with E-state index in [1.807, 2.05) is 0 Å². The lowest BCUT2D eigenvalue weighted by Gasteiger charge is -2.57. The lowest BCUT2D eigenvalue weighted by molar-refractivity contribution is 0.471. The number of allylic oxidation sites excluding steroid dienone is 2. The van der Waals surface area contributed by atoms with Gasteiger partial charge in [0.05, 0.1) is 0 Å². The van der Waals surface area contributed by atoms with Crippen LogP contribution in [-0.2, 0) is 0 Å². The molecule has 6 aromatic rings. The summed E-state index contributed by atoms with van der Waals surface area (Å²) in [7, 11) is 0. The molecule has 6 aromatic carbocycles. The van der Waals surface area contributed by atoms with Crippen LogP contribution in [-0.4, -0.2) is 0 Å². The lowest BCUT2D eigenvalue weighted by Crippen LogP contribution is -2.42. The maximum Gasteiger partial charge on any atom is 0.0314 e. The minimum absolute atomic E-state index is 0.309. The van der Waals surface area contributed by atoms with Crippen LogP contribution in [0.3, 0.4) is 0 Å². The molecule has 0 heteroatoms. The van der Waals surface area contributed by atoms with Gasteiger partial charge in [-0.3, -0.25) is 0 Å². The summed E-state index contributed by atoms with van der Waals surface area (Å²) in [5.41, 5.74) is 18.8. The van der Waals surface area contributed by atoms with Gasteiger partial charge in [0.2, 0.25) is 0 Å². The maximum absolute atomic E-state index is 2.58. The van der Waals surface area contributed by atoms with Crippen LogP contribution in [0.1, 0.15) is 91.1 Å². The van der Waals surface area contributed by atoms with Crippen LogP contribution in [0.25, 0.3) is 10.8 Å². The van der Waals surface area contributed by atoms with Crippen molar-refractivity contribution in [3.8, 4) is 0 Å². The minimum atomic E-state index is 0.309. The Kier molecular flexibility index (Phi) is 3.97. The predicted octanol–water partition coefficient (Wildman–Crippen LogP) is 9.90. The van der Waals surface area contributed by atoms with Gasteiger partial charge in [0, 0.05) is 35.5 Å². The van der Waals surface area contributed by atoms with Crippen molar-refractivity contribution in [1.82, 2.24) is 0 Å². The van der Waals surface area contributed by atoms with Crippen LogP contribution in [0.5, 0.6) is 0 Å². The van der Waals surface area contributed by atoms with Gasteiger partial charge in [-0.25, -0.2) is 0 Å². The molecule has 13 rings (SSSR count). The molecule has 7 aliphatic rings. The van der Waals surface area contributed by atoms with Crippen molar-refractivity contribution in [2.24, 2.45) is 0 Å². The fraction of sp³-hybridized carbons (Fsp3) is 0.143. The molecule has 196 valence electrons. The third-order valence-corrected chi connectivity index (χ3v) is 11.5. The predicted molar refractivity (Wildman–Crippen MR) is 170 cm³/mol. The van der Waals surface area contributed by atoms with Gasteiger partial charge in [-0.1, -0.05) is 133 Å². The highest BCUT2D eigenvalue weighted by Gasteiger charge is 2.57. The van der Waals surface area contributed by atoms with E-state index in [2.05, 4.69) is 133 Å². The SMILES string of the molecule is c1ccc2c(c1)C1C3=C4C5c6ccccc6C(c6ccccc65)C4c4cc5ccccc5cc4C3C2c2ccccc21. The second-order valence-electron chi connectivity index (χ2n) is 13.0. The van der Waals surface area contributed by atoms with E-state index in [9.17, 15) is 0 Å². The number of benzene rings is 6. The van der Waals surface area contributed by atoms with Crippen LogP contribution < -0.4 is 0 Å². The Morgan fingerprint density at radius 2 is 0.548 bits per heavy atom. The quantitative estimate of drug-likeness (QED) is 0.171. The summed E-state index contributed by atoms with van der Waals surface area (Å²) in [6, 6.07) is 51.7. The average molecular weight is 533 g/mol. The topological polar surface area (TPSA) is 0 Å². The third-order valence-electron chi connectivity index (χ3n) is 11.5. The van der Waals surface area contributed by atoms with Crippen molar-refractivity contribution in [3.05, 3.63) is 200 Å². The summed E-state index contributed by atoms with van der Waals surface area (Å²) in [6.45, 7) is 0. The zero-order valence-electron chi connectivity index (χ0n) is 23.2. The number of fused-ring (bicyclic) bond motifs is 2. The molecule has 0 N–H and O–H groups in total. The number of rotatable bonds is 0. The Bertz CT molecular complexity index is 1940. The molecule has 0 amide bonds. The van der Waals surface area contributed by atoms with Crippen LogP contribution in [0, 0.1) is 0 Å². The molecular weight excluding hydrogens is 504 g/mol. The second-order valence-corrected chi connectivity index (χ2v) is 13.0. The molecule has 2 unspecified atom stereocenters. The van der Waals surface area contributed by atoms with Crippen molar-refractivity contribution < 1.29 is 0 Å². The lowest BCUT2D eigenvalue weighted by atomic mass is 9.45. The van der Waals surface area contributed by atoms with Gasteiger partial charge in [0.15, 0.2) is 0 Å². The molecule has 2 atom stereocenters. The molecule has 0 heterocycles. The second kappa shape index (κ2) is 7.58. The van der Waals surface area contributed by atoms with Gasteiger partial charge in [-0.2, -0.15) is 0 Å². The fourth-order valence-corrected chi connectivity index (χ4v) is 10.2. The first-order valence-electron chi connectivity index (χ1n) is 15.5. The molecule has 0 spiro atoms. The molecule has 0 nitrogen and oxygen atoms in total. The van der Waals surface area contributed by atoms with Gasteiger partial charge in [-0.15, -0.1) is 0 Å². The van der Waals surface area contributed by atoms with Crippen LogP contribution in [0.2, 0.25) is 0 Å². The molecule has 0 aromatic heterocycles. The molecular formula is C42H28. The highest BCUT2D eigenvalue weighted by Crippen LogP contribution is 2.72. The monoisotopic (exact) mass is 532 g/mol. The first-order chi connectivity index (χ1) is 20.9. The zero-order valence-corrected chi connectivity index (χ0v) is 23.2. The summed E-state index contributed by atoms with van der Waals surface area (Å²) in [5, 5.41) is 2.73. The standard InChI is InChI=1S/C42H28/c1-2-12-24-22-34-33(21-23(24)11-1)39-35-25-13-3-7-17-29(25)37(30-18-8-4-14-26(30)35)41(39)42-38-31-19-9-5-15-27(31)36(40(34)42)28-16-6-10-20-32(28)38/h1-22,35-40H. The normalized spacial score (nSPS) is 26.5. The fourth-order valence-electron chi connectivity index (χ4n) is 10.2. The average Bonchev–Trinajstić information content (AvgIpc) is 3.07. The first kappa shape index (κ1) is 22.0. The van der Waals surface area contributed by atoms with Crippen molar-refractivity contribution in [1.29, 1.82) is 0 Å². The Morgan fingerprint density at radius 1 is 0.262 bits per heavy atom. The smallest absolute Gasteiger partial charge is 0.0314 e. The summed E-state index contributed by atoms with van der Waals surface area (Å²) in [6.07, 6.45) is 0. The van der Waals surface area contributed by atoms with Crippen LogP contribution >= 0.6 is 0 Å². The van der Waals surface area contributed by atoms with E-state index in [0.29, 0.717) is 35.5 Å². The van der Waals surface area contributed by atoms with E-state index in [0.717, 1.165) is 0 Å². The molecule has 0 saturated heterocycles. The molecule has 42 heavy (non-hydrogen) atoms. The minimum Gasteiger partial charge on any atom is -0.0620 e. The molecule has 0 radical (unpaired) electrons. The van der Waals surface area contributed by atoms with Crippen molar-refractivity contribution >= 4 is 10.8 Å². The van der Waals surface area contributed by atoms with Gasteiger partial charge < -0.3 is 0 Å². The maximum atomic E-state index is 2.58. The molecule has 0 fully saturated rings. The van der Waals surface area contributed by atoms with Gasteiger partial charge >= 0.3 is 0 Å². The van der Waals surface area contributed by atoms with E-state index >= 15 is 0 Å². The van der Waals surface area contributed by atoms with E-state index < -0.39 is 0 Å². The van der Waals surface area contributed by atoms with E-state index in [1.165, 1.54) is 55.3 Å². The molecule has 0 aliphatic heterocycles. The summed E-state index contributed by atoms with van der Waals surface area (Å²) in [5.74, 6) is 2.04. The van der Waals surface area contributed by atoms with E-state index in [-0.39, 0.29) is 0 Å². The van der Waals surface area contributed by atoms with Crippen LogP contribution in [0.15, 0.2) is 145 Å². The largest absolute Gasteiger partial charge is 0.0620 e. The van der Waals surface area contributed by atoms with Gasteiger partial charge in [-0.05, 0) is 77.6 Å². The first-order valence-corrected chi connectivity index (χ1v) is 15.5. The zero-order chi connectivity index (χ0) is 27.1. The van der Waals surface area contributed by atoms with Crippen LogP contribution in [0.4, 0.5) is 0 Å². The summed E-state index contributed by atoms with van der Waals surface area (Å²) < 4.78 is 0. The third kappa shape index (κ3) is 2.45. The summed E-state index contributed by atoms with van der Waals surface area (Å²) in [4.78, 5) is 0. The van der Waals surface area contributed by atoms with Gasteiger partial charge in [0.1, 0.15) is 0 Å². The van der Waals surface area contributed by atoms with Gasteiger partial charge in [0.25, 0.3) is 0 Å². The molecule has 4 bridgehead atoms. The number of hydrogen-bond acceptors (Lipinski definition) is 0. The van der Waals surface area contributed by atoms with Crippen molar-refractivity contribution in [2.75, 3.05) is 0 Å². The molecule has 7 aliphatic carbocycles.